The molecular weight excluding hydrogens is 362 g/mol. The Balaban J connectivity index is 4.27. The number of esters is 1. The highest BCUT2D eigenvalue weighted by Crippen LogP contribution is 2.08. The molecule has 0 aliphatic carbocycles. The topological polar surface area (TPSA) is 46.6 Å². The number of hydrogen-bond acceptors (Lipinski definition) is 3. The highest BCUT2D eigenvalue weighted by Gasteiger charge is 2.11. The molecule has 0 aromatic rings. The number of hydrogen-bond donors (Lipinski definition) is 0. The van der Waals surface area contributed by atoms with Crippen LogP contribution in [0, 0.1) is 0 Å². The van der Waals surface area contributed by atoms with Gasteiger partial charge in [0.05, 0.1) is 6.61 Å². The van der Waals surface area contributed by atoms with Crippen molar-refractivity contribution in [3.05, 3.63) is 12.2 Å². The maximum atomic E-state index is 12.6. The lowest BCUT2D eigenvalue weighted by atomic mass is 10.1. The lowest BCUT2D eigenvalue weighted by molar-refractivity contribution is -0.138. The third kappa shape index (κ3) is 18.4. The first-order valence-electron chi connectivity index (χ1n) is 12.3. The molecule has 0 unspecified atom stereocenters. The van der Waals surface area contributed by atoms with Crippen LogP contribution in [0.25, 0.3) is 0 Å². The predicted octanol–water partition coefficient (Wildman–Crippen LogP) is 6.83. The summed E-state index contributed by atoms with van der Waals surface area (Å²) in [7, 11) is 0. The molecule has 1 amide bonds. The molecule has 0 saturated carbocycles. The highest BCUT2D eigenvalue weighted by molar-refractivity contribution is 5.94. The van der Waals surface area contributed by atoms with E-state index < -0.39 is 5.97 Å². The van der Waals surface area contributed by atoms with Crippen LogP contribution in [0.4, 0.5) is 0 Å². The third-order valence-corrected chi connectivity index (χ3v) is 5.23. The lowest BCUT2D eigenvalue weighted by Crippen LogP contribution is -2.31. The predicted molar refractivity (Wildman–Crippen MR) is 123 cm³/mol. The smallest absolute Gasteiger partial charge is 0.330 e. The molecule has 0 spiro atoms. The SMILES string of the molecule is CCCCCCCOC(=O)/C=C/C(=O)N(CCCCCCC)CCCCCCC. The van der Waals surface area contributed by atoms with Crippen molar-refractivity contribution >= 4 is 11.9 Å². The average molecular weight is 410 g/mol. The molecule has 0 aliphatic heterocycles. The Bertz CT molecular complexity index is 406. The van der Waals surface area contributed by atoms with E-state index in [2.05, 4.69) is 20.8 Å². The third-order valence-electron chi connectivity index (χ3n) is 5.23. The van der Waals surface area contributed by atoms with Crippen molar-refractivity contribution in [2.45, 2.75) is 117 Å². The molecule has 0 heterocycles. The summed E-state index contributed by atoms with van der Waals surface area (Å²) in [5, 5.41) is 0. The molecule has 0 aromatic carbocycles. The molecule has 29 heavy (non-hydrogen) atoms. The van der Waals surface area contributed by atoms with Crippen molar-refractivity contribution in [3.8, 4) is 0 Å². The first-order chi connectivity index (χ1) is 14.2. The van der Waals surface area contributed by atoms with Gasteiger partial charge in [0.25, 0.3) is 0 Å². The summed E-state index contributed by atoms with van der Waals surface area (Å²) in [6, 6.07) is 0. The fraction of sp³-hybridized carbons (Fsp3) is 0.840. The van der Waals surface area contributed by atoms with Crippen LogP contribution in [-0.4, -0.2) is 36.5 Å². The molecule has 0 N–H and O–H groups in total. The van der Waals surface area contributed by atoms with Crippen molar-refractivity contribution in [3.63, 3.8) is 0 Å². The molecule has 0 atom stereocenters. The second-order valence-corrected chi connectivity index (χ2v) is 8.07. The van der Waals surface area contributed by atoms with Gasteiger partial charge in [0.2, 0.25) is 5.91 Å². The molecule has 170 valence electrons. The number of ether oxygens (including phenoxy) is 1. The van der Waals surface area contributed by atoms with Gasteiger partial charge in [0.15, 0.2) is 0 Å². The van der Waals surface area contributed by atoms with E-state index in [9.17, 15) is 9.59 Å². The molecule has 0 rings (SSSR count). The Labute approximate surface area is 180 Å². The van der Waals surface area contributed by atoms with Crippen molar-refractivity contribution in [1.82, 2.24) is 4.90 Å². The molecule has 0 fully saturated rings. The summed E-state index contributed by atoms with van der Waals surface area (Å²) >= 11 is 0. The Morgan fingerprint density at radius 2 is 1.07 bits per heavy atom. The van der Waals surface area contributed by atoms with E-state index in [0.717, 1.165) is 51.6 Å². The van der Waals surface area contributed by atoms with Gasteiger partial charge in [-0.15, -0.1) is 0 Å². The normalized spacial score (nSPS) is 11.1. The average Bonchev–Trinajstić information content (AvgIpc) is 2.72. The summed E-state index contributed by atoms with van der Waals surface area (Å²) in [4.78, 5) is 26.3. The quantitative estimate of drug-likeness (QED) is 0.126. The number of carbonyl (C=O) groups is 2. The number of rotatable bonds is 20. The zero-order chi connectivity index (χ0) is 21.6. The van der Waals surface area contributed by atoms with Crippen molar-refractivity contribution < 1.29 is 14.3 Å². The van der Waals surface area contributed by atoms with Crippen LogP contribution in [0.3, 0.4) is 0 Å². The molecule has 4 heteroatoms. The number of unbranched alkanes of at least 4 members (excludes halogenated alkanes) is 12. The molecule has 4 nitrogen and oxygen atoms in total. The van der Waals surface area contributed by atoms with E-state index in [4.69, 9.17) is 4.74 Å². The Hall–Kier alpha value is -1.32. The summed E-state index contributed by atoms with van der Waals surface area (Å²) in [6.45, 7) is 8.61. The summed E-state index contributed by atoms with van der Waals surface area (Å²) in [6.07, 6.45) is 20.2. The van der Waals surface area contributed by atoms with E-state index >= 15 is 0 Å². The van der Waals surface area contributed by atoms with Crippen LogP contribution < -0.4 is 0 Å². The molecule has 0 bridgehead atoms. The first kappa shape index (κ1) is 27.7. The standard InChI is InChI=1S/C25H47NO3/c1-4-7-10-13-16-21-26(22-17-14-11-8-5-2)24(27)19-20-25(28)29-23-18-15-12-9-6-3/h19-20H,4-18,21-23H2,1-3H3/b20-19+. The van der Waals surface area contributed by atoms with Gasteiger partial charge in [-0.3, -0.25) is 4.79 Å². The van der Waals surface area contributed by atoms with Crippen LogP contribution in [0.15, 0.2) is 12.2 Å². The van der Waals surface area contributed by atoms with Crippen LogP contribution in [0.5, 0.6) is 0 Å². The second-order valence-electron chi connectivity index (χ2n) is 8.07. The monoisotopic (exact) mass is 409 g/mol. The van der Waals surface area contributed by atoms with E-state index in [1.165, 1.54) is 69.9 Å². The van der Waals surface area contributed by atoms with Gasteiger partial charge in [-0.2, -0.15) is 0 Å². The minimum absolute atomic E-state index is 0.0594. The Morgan fingerprint density at radius 1 is 0.621 bits per heavy atom. The van der Waals surface area contributed by atoms with Gasteiger partial charge in [-0.25, -0.2) is 4.79 Å². The lowest BCUT2D eigenvalue weighted by Gasteiger charge is -2.21. The van der Waals surface area contributed by atoms with Gasteiger partial charge in [-0.1, -0.05) is 97.8 Å². The Morgan fingerprint density at radius 3 is 1.55 bits per heavy atom. The van der Waals surface area contributed by atoms with E-state index in [1.54, 1.807) is 0 Å². The Kier molecular flexibility index (Phi) is 20.4. The maximum absolute atomic E-state index is 12.6. The first-order valence-corrected chi connectivity index (χ1v) is 12.3. The number of carbonyl (C=O) groups excluding carboxylic acids is 2. The largest absolute Gasteiger partial charge is 0.463 e. The minimum atomic E-state index is -0.403. The molecule has 0 aliphatic rings. The summed E-state index contributed by atoms with van der Waals surface area (Å²) in [5.41, 5.74) is 0. The zero-order valence-electron chi connectivity index (χ0n) is 19.6. The minimum Gasteiger partial charge on any atom is -0.463 e. The summed E-state index contributed by atoms with van der Waals surface area (Å²) < 4.78 is 5.21. The fourth-order valence-electron chi connectivity index (χ4n) is 3.32. The molecule has 0 radical (unpaired) electrons. The van der Waals surface area contributed by atoms with Gasteiger partial charge in [0.1, 0.15) is 0 Å². The zero-order valence-corrected chi connectivity index (χ0v) is 19.6. The van der Waals surface area contributed by atoms with Crippen molar-refractivity contribution in [1.29, 1.82) is 0 Å². The highest BCUT2D eigenvalue weighted by atomic mass is 16.5. The number of nitrogens with zero attached hydrogens (tertiary/aromatic N) is 1. The van der Waals surface area contributed by atoms with E-state index in [-0.39, 0.29) is 5.91 Å². The summed E-state index contributed by atoms with van der Waals surface area (Å²) in [5.74, 6) is -0.462. The molecule has 0 saturated heterocycles. The van der Waals surface area contributed by atoms with Crippen LogP contribution >= 0.6 is 0 Å². The van der Waals surface area contributed by atoms with Gasteiger partial charge in [0, 0.05) is 25.2 Å². The van der Waals surface area contributed by atoms with Gasteiger partial charge >= 0.3 is 5.97 Å². The van der Waals surface area contributed by atoms with Crippen molar-refractivity contribution in [2.24, 2.45) is 0 Å². The van der Waals surface area contributed by atoms with Gasteiger partial charge in [-0.05, 0) is 19.3 Å². The van der Waals surface area contributed by atoms with Crippen molar-refractivity contribution in [2.75, 3.05) is 19.7 Å². The maximum Gasteiger partial charge on any atom is 0.330 e. The van der Waals surface area contributed by atoms with Crippen LogP contribution in [0.2, 0.25) is 0 Å². The second kappa shape index (κ2) is 21.4. The molecular formula is C25H47NO3. The van der Waals surface area contributed by atoms with Crippen LogP contribution in [0.1, 0.15) is 117 Å². The fourth-order valence-corrected chi connectivity index (χ4v) is 3.32. The van der Waals surface area contributed by atoms with Gasteiger partial charge < -0.3 is 9.64 Å². The molecule has 0 aromatic heterocycles. The van der Waals surface area contributed by atoms with E-state index in [0.29, 0.717) is 6.61 Å². The van der Waals surface area contributed by atoms with Crippen LogP contribution in [-0.2, 0) is 14.3 Å². The number of amides is 1. The van der Waals surface area contributed by atoms with E-state index in [1.807, 2.05) is 4.90 Å².